The zero-order valence-corrected chi connectivity index (χ0v) is 8.72. The highest BCUT2D eigenvalue weighted by Gasteiger charge is 2.23. The van der Waals surface area contributed by atoms with E-state index in [2.05, 4.69) is 10.1 Å². The highest BCUT2D eigenvalue weighted by atomic mass is 35.5. The molecule has 1 N–H and O–H groups in total. The van der Waals surface area contributed by atoms with Crippen LogP contribution in [0.25, 0.3) is 0 Å². The molecule has 1 atom stereocenters. The van der Waals surface area contributed by atoms with E-state index in [4.69, 9.17) is 11.6 Å². The molecule has 0 fully saturated rings. The number of amides is 1. The first-order valence-corrected chi connectivity index (χ1v) is 4.52. The number of hydrogen-bond donors (Lipinski definition) is 1. The third-order valence-electron chi connectivity index (χ3n) is 1.48. The maximum Gasteiger partial charge on any atom is 0.330 e. The summed E-state index contributed by atoms with van der Waals surface area (Å²) >= 11 is 5.23. The van der Waals surface area contributed by atoms with Crippen molar-refractivity contribution in [2.75, 3.05) is 6.07 Å². The molecule has 0 saturated carbocycles. The summed E-state index contributed by atoms with van der Waals surface area (Å²) < 4.78 is 4.58. The van der Waals surface area contributed by atoms with Crippen molar-refractivity contribution in [3.63, 3.8) is 0 Å². The van der Waals surface area contributed by atoms with Gasteiger partial charge in [0.05, 0.1) is 0 Å². The quantitative estimate of drug-likeness (QED) is 0.550. The van der Waals surface area contributed by atoms with Gasteiger partial charge < -0.3 is 10.1 Å². The van der Waals surface area contributed by atoms with Crippen LogP contribution >= 0.6 is 11.6 Å². The summed E-state index contributed by atoms with van der Waals surface area (Å²) in [6.07, 6.45) is 0. The lowest BCUT2D eigenvalue weighted by Crippen LogP contribution is -2.44. The Hall–Kier alpha value is -0.770. The summed E-state index contributed by atoms with van der Waals surface area (Å²) in [5.41, 5.74) is 0. The Bertz CT molecular complexity index is 194. The third kappa shape index (κ3) is 4.72. The maximum atomic E-state index is 11.2. The molecule has 4 nitrogen and oxygen atoms in total. The minimum absolute atomic E-state index is 0.0142. The summed E-state index contributed by atoms with van der Waals surface area (Å²) in [6.45, 7) is 4.98. The zero-order chi connectivity index (χ0) is 10.4. The fraction of sp³-hybridized carbons (Fsp3) is 0.750. The van der Waals surface area contributed by atoms with Crippen molar-refractivity contribution >= 4 is 23.5 Å². The molecule has 1 amide bonds. The highest BCUT2D eigenvalue weighted by Crippen LogP contribution is 2.04. The number of ether oxygens (including phenoxy) is 1. The first-order chi connectivity index (χ1) is 5.99. The van der Waals surface area contributed by atoms with Crippen LogP contribution in [0.5, 0.6) is 0 Å². The Balaban J connectivity index is 4.24. The number of nitrogens with one attached hydrogen (secondary N) is 1. The minimum atomic E-state index is -0.615. The number of carbonyl (C=O) groups excluding carboxylic acids is 2. The smallest absolute Gasteiger partial charge is 0.330 e. The monoisotopic (exact) mass is 207 g/mol. The molecular formula is C8H14ClNO3. The molecule has 0 heterocycles. The van der Waals surface area contributed by atoms with Gasteiger partial charge in [-0.2, -0.15) is 0 Å². The number of rotatable bonds is 4. The van der Waals surface area contributed by atoms with Crippen LogP contribution in [0.1, 0.15) is 20.8 Å². The number of halogens is 1. The van der Waals surface area contributed by atoms with Crippen LogP contribution in [0, 0.1) is 5.92 Å². The van der Waals surface area contributed by atoms with Crippen molar-refractivity contribution in [1.82, 2.24) is 5.32 Å². The molecule has 13 heavy (non-hydrogen) atoms. The Morgan fingerprint density at radius 2 is 2.00 bits per heavy atom. The van der Waals surface area contributed by atoms with Crippen LogP contribution in [-0.2, 0) is 14.3 Å². The number of alkyl halides is 1. The lowest BCUT2D eigenvalue weighted by Gasteiger charge is -2.18. The van der Waals surface area contributed by atoms with Gasteiger partial charge in [-0.15, -0.1) is 0 Å². The molecule has 0 aliphatic heterocycles. The summed E-state index contributed by atoms with van der Waals surface area (Å²) in [5, 5.41) is 2.49. The second-order valence-electron chi connectivity index (χ2n) is 2.99. The van der Waals surface area contributed by atoms with E-state index in [1.807, 2.05) is 13.8 Å². The highest BCUT2D eigenvalue weighted by molar-refractivity contribution is 6.17. The van der Waals surface area contributed by atoms with E-state index < -0.39 is 12.0 Å². The molecule has 0 rings (SSSR count). The van der Waals surface area contributed by atoms with Gasteiger partial charge in [0, 0.05) is 6.92 Å². The van der Waals surface area contributed by atoms with E-state index in [0.29, 0.717) is 0 Å². The van der Waals surface area contributed by atoms with E-state index >= 15 is 0 Å². The fourth-order valence-electron chi connectivity index (χ4n) is 0.860. The third-order valence-corrected chi connectivity index (χ3v) is 1.59. The number of carbonyl (C=O) groups is 2. The summed E-state index contributed by atoms with van der Waals surface area (Å²) in [7, 11) is 0. The minimum Gasteiger partial charge on any atom is -0.448 e. The van der Waals surface area contributed by atoms with Gasteiger partial charge in [0.15, 0.2) is 6.07 Å². The Morgan fingerprint density at radius 1 is 1.46 bits per heavy atom. The SMILES string of the molecule is CC(=O)N[C@H](C(=O)OCCl)C(C)C. The van der Waals surface area contributed by atoms with E-state index in [1.54, 1.807) is 0 Å². The summed E-state index contributed by atoms with van der Waals surface area (Å²) in [4.78, 5) is 21.9. The molecule has 0 aromatic rings. The van der Waals surface area contributed by atoms with Crippen LogP contribution in [0.4, 0.5) is 0 Å². The second-order valence-corrected chi connectivity index (χ2v) is 3.21. The van der Waals surface area contributed by atoms with Crippen molar-refractivity contribution < 1.29 is 14.3 Å². The molecule has 0 radical (unpaired) electrons. The molecule has 0 saturated heterocycles. The molecule has 5 heteroatoms. The predicted molar refractivity (Wildman–Crippen MR) is 49.3 cm³/mol. The van der Waals surface area contributed by atoms with Gasteiger partial charge >= 0.3 is 5.97 Å². The van der Waals surface area contributed by atoms with Gasteiger partial charge in [-0.3, -0.25) is 4.79 Å². The van der Waals surface area contributed by atoms with Crippen LogP contribution in [-0.4, -0.2) is 24.0 Å². The Morgan fingerprint density at radius 3 is 2.31 bits per heavy atom. The van der Waals surface area contributed by atoms with Crippen molar-refractivity contribution in [2.45, 2.75) is 26.8 Å². The fourth-order valence-corrected chi connectivity index (χ4v) is 0.968. The van der Waals surface area contributed by atoms with Gasteiger partial charge in [-0.25, -0.2) is 4.79 Å². The normalized spacial score (nSPS) is 12.4. The molecule has 0 unspecified atom stereocenters. The van der Waals surface area contributed by atoms with Crippen molar-refractivity contribution in [3.05, 3.63) is 0 Å². The molecule has 76 valence electrons. The van der Waals surface area contributed by atoms with Gasteiger partial charge in [-0.1, -0.05) is 25.4 Å². The lowest BCUT2D eigenvalue weighted by atomic mass is 10.1. The standard InChI is InChI=1S/C8H14ClNO3/c1-5(2)7(10-6(3)11)8(12)13-4-9/h5,7H,4H2,1-3H3,(H,10,11)/t7-/m0/s1. The Labute approximate surface area is 82.6 Å². The number of hydrogen-bond acceptors (Lipinski definition) is 3. The molecule has 0 spiro atoms. The van der Waals surface area contributed by atoms with E-state index in [9.17, 15) is 9.59 Å². The Kier molecular flexibility index (Phi) is 5.46. The zero-order valence-electron chi connectivity index (χ0n) is 7.96. The lowest BCUT2D eigenvalue weighted by molar-refractivity contribution is -0.147. The first-order valence-electron chi connectivity index (χ1n) is 3.98. The van der Waals surface area contributed by atoms with E-state index in [-0.39, 0.29) is 17.9 Å². The average molecular weight is 208 g/mol. The molecular weight excluding hydrogens is 194 g/mol. The van der Waals surface area contributed by atoms with Crippen LogP contribution in [0.2, 0.25) is 0 Å². The topological polar surface area (TPSA) is 55.4 Å². The molecule has 0 bridgehead atoms. The van der Waals surface area contributed by atoms with Crippen LogP contribution < -0.4 is 5.32 Å². The van der Waals surface area contributed by atoms with Crippen LogP contribution in [0.15, 0.2) is 0 Å². The average Bonchev–Trinajstić information content (AvgIpc) is 1.99. The molecule has 0 aliphatic rings. The van der Waals surface area contributed by atoms with Crippen molar-refractivity contribution in [3.8, 4) is 0 Å². The maximum absolute atomic E-state index is 11.2. The van der Waals surface area contributed by atoms with Gasteiger partial charge in [0.1, 0.15) is 6.04 Å². The van der Waals surface area contributed by atoms with Crippen LogP contribution in [0.3, 0.4) is 0 Å². The van der Waals surface area contributed by atoms with Crippen molar-refractivity contribution in [1.29, 1.82) is 0 Å². The van der Waals surface area contributed by atoms with E-state index in [0.717, 1.165) is 0 Å². The molecule has 0 aliphatic carbocycles. The second kappa shape index (κ2) is 5.80. The largest absolute Gasteiger partial charge is 0.448 e. The van der Waals surface area contributed by atoms with Gasteiger partial charge in [0.25, 0.3) is 0 Å². The van der Waals surface area contributed by atoms with Gasteiger partial charge in [0.2, 0.25) is 5.91 Å². The predicted octanol–water partition coefficient (Wildman–Crippen LogP) is 0.887. The van der Waals surface area contributed by atoms with E-state index in [1.165, 1.54) is 6.92 Å². The molecule has 0 aromatic carbocycles. The summed E-state index contributed by atoms with van der Waals surface area (Å²) in [6, 6.07) is -0.807. The number of esters is 1. The summed E-state index contributed by atoms with van der Waals surface area (Å²) in [5.74, 6) is -0.773. The van der Waals surface area contributed by atoms with Gasteiger partial charge in [-0.05, 0) is 5.92 Å². The molecule has 0 aromatic heterocycles. The first kappa shape index (κ1) is 12.2. The van der Waals surface area contributed by atoms with Crippen molar-refractivity contribution in [2.24, 2.45) is 5.92 Å².